The molecule has 1 aliphatic carbocycles. The standard InChI is InChI=1S/C18H18F2N2O3S/c19-15-6-3-7-16(20)17(15)18(23)21-12-8-10-14(11-9-12)26(24,25)22-13-4-1-2-5-13/h3,6-11,13,22H,1-2,4-5H2,(H,21,23). The van der Waals surface area contributed by atoms with Crippen LogP contribution >= 0.6 is 0 Å². The normalized spacial score (nSPS) is 15.2. The van der Waals surface area contributed by atoms with Crippen molar-refractivity contribution in [1.29, 1.82) is 0 Å². The van der Waals surface area contributed by atoms with Crippen LogP contribution in [0.25, 0.3) is 0 Å². The van der Waals surface area contributed by atoms with Gasteiger partial charge in [-0.3, -0.25) is 4.79 Å². The number of nitrogens with one attached hydrogen (secondary N) is 2. The molecule has 0 spiro atoms. The van der Waals surface area contributed by atoms with E-state index in [1.807, 2.05) is 0 Å². The fraction of sp³-hybridized carbons (Fsp3) is 0.278. The molecule has 2 N–H and O–H groups in total. The fourth-order valence-electron chi connectivity index (χ4n) is 2.96. The first-order valence-corrected chi connectivity index (χ1v) is 9.73. The minimum atomic E-state index is -3.64. The summed E-state index contributed by atoms with van der Waals surface area (Å²) >= 11 is 0. The molecule has 0 atom stereocenters. The Morgan fingerprint density at radius 2 is 1.54 bits per heavy atom. The topological polar surface area (TPSA) is 75.3 Å². The van der Waals surface area contributed by atoms with Crippen LogP contribution in [0, 0.1) is 11.6 Å². The maximum Gasteiger partial charge on any atom is 0.261 e. The number of hydrogen-bond donors (Lipinski definition) is 2. The number of benzene rings is 2. The SMILES string of the molecule is O=C(Nc1ccc(S(=O)(=O)NC2CCCC2)cc1)c1c(F)cccc1F. The Morgan fingerprint density at radius 1 is 0.962 bits per heavy atom. The molecule has 2 aromatic rings. The van der Waals surface area contributed by atoms with Gasteiger partial charge in [-0.2, -0.15) is 0 Å². The lowest BCUT2D eigenvalue weighted by molar-refractivity contribution is 0.101. The van der Waals surface area contributed by atoms with E-state index in [2.05, 4.69) is 10.0 Å². The largest absolute Gasteiger partial charge is 0.322 e. The molecular formula is C18H18F2N2O3S. The maximum atomic E-state index is 13.6. The van der Waals surface area contributed by atoms with Crippen molar-refractivity contribution in [3.63, 3.8) is 0 Å². The Bertz CT molecular complexity index is 888. The van der Waals surface area contributed by atoms with Gasteiger partial charge in [0, 0.05) is 11.7 Å². The zero-order valence-electron chi connectivity index (χ0n) is 13.8. The van der Waals surface area contributed by atoms with Crippen molar-refractivity contribution in [2.75, 3.05) is 5.32 Å². The number of carbonyl (C=O) groups is 1. The summed E-state index contributed by atoms with van der Waals surface area (Å²) in [5, 5.41) is 2.36. The summed E-state index contributed by atoms with van der Waals surface area (Å²) in [7, 11) is -3.64. The van der Waals surface area contributed by atoms with Crippen LogP contribution in [0.4, 0.5) is 14.5 Å². The van der Waals surface area contributed by atoms with E-state index in [0.717, 1.165) is 37.8 Å². The van der Waals surface area contributed by atoms with Crippen LogP contribution in [-0.4, -0.2) is 20.4 Å². The van der Waals surface area contributed by atoms with Gasteiger partial charge in [-0.25, -0.2) is 21.9 Å². The van der Waals surface area contributed by atoms with Gasteiger partial charge in [-0.05, 0) is 49.2 Å². The van der Waals surface area contributed by atoms with Crippen molar-refractivity contribution in [3.8, 4) is 0 Å². The van der Waals surface area contributed by atoms with E-state index in [-0.39, 0.29) is 16.6 Å². The van der Waals surface area contributed by atoms with E-state index < -0.39 is 33.1 Å². The zero-order valence-corrected chi connectivity index (χ0v) is 14.7. The molecule has 0 unspecified atom stereocenters. The van der Waals surface area contributed by atoms with E-state index in [1.54, 1.807) is 0 Å². The van der Waals surface area contributed by atoms with Gasteiger partial charge in [0.25, 0.3) is 5.91 Å². The van der Waals surface area contributed by atoms with Gasteiger partial charge in [0.05, 0.1) is 4.90 Å². The summed E-state index contributed by atoms with van der Waals surface area (Å²) < 4.78 is 54.6. The number of hydrogen-bond acceptors (Lipinski definition) is 3. The molecule has 0 aliphatic heterocycles. The summed E-state index contributed by atoms with van der Waals surface area (Å²) in [6.45, 7) is 0. The summed E-state index contributed by atoms with van der Waals surface area (Å²) in [4.78, 5) is 12.1. The number of sulfonamides is 1. The Hall–Kier alpha value is -2.32. The number of halogens is 2. The number of rotatable bonds is 5. The first-order valence-electron chi connectivity index (χ1n) is 8.24. The molecule has 8 heteroatoms. The highest BCUT2D eigenvalue weighted by atomic mass is 32.2. The summed E-state index contributed by atoms with van der Waals surface area (Å²) in [5.74, 6) is -2.88. The first kappa shape index (κ1) is 18.5. The summed E-state index contributed by atoms with van der Waals surface area (Å²) in [6, 6.07) is 8.52. The van der Waals surface area contributed by atoms with Crippen molar-refractivity contribution in [2.45, 2.75) is 36.6 Å². The lowest BCUT2D eigenvalue weighted by atomic mass is 10.2. The van der Waals surface area contributed by atoms with Gasteiger partial charge in [-0.15, -0.1) is 0 Å². The smallest absolute Gasteiger partial charge is 0.261 e. The Balaban J connectivity index is 1.72. The predicted octanol–water partition coefficient (Wildman–Crippen LogP) is 3.44. The van der Waals surface area contributed by atoms with E-state index in [4.69, 9.17) is 0 Å². The van der Waals surface area contributed by atoms with Crippen molar-refractivity contribution in [2.24, 2.45) is 0 Å². The predicted molar refractivity (Wildman–Crippen MR) is 93.3 cm³/mol. The second kappa shape index (κ2) is 7.51. The third-order valence-electron chi connectivity index (χ3n) is 4.29. The van der Waals surface area contributed by atoms with E-state index in [9.17, 15) is 22.0 Å². The molecule has 0 radical (unpaired) electrons. The average Bonchev–Trinajstić information content (AvgIpc) is 3.07. The molecule has 3 rings (SSSR count). The molecule has 2 aromatic carbocycles. The van der Waals surface area contributed by atoms with Crippen LogP contribution in [0.2, 0.25) is 0 Å². The molecule has 1 amide bonds. The third-order valence-corrected chi connectivity index (χ3v) is 5.83. The summed E-state index contributed by atoms with van der Waals surface area (Å²) in [5.41, 5.74) is -0.454. The molecule has 1 fully saturated rings. The Labute approximate surface area is 150 Å². The van der Waals surface area contributed by atoms with Crippen LogP contribution in [0.3, 0.4) is 0 Å². The van der Waals surface area contributed by atoms with Gasteiger partial charge >= 0.3 is 0 Å². The number of anilines is 1. The van der Waals surface area contributed by atoms with E-state index in [0.29, 0.717) is 0 Å². The highest BCUT2D eigenvalue weighted by Crippen LogP contribution is 2.22. The molecule has 0 heterocycles. The lowest BCUT2D eigenvalue weighted by Gasteiger charge is -2.13. The van der Waals surface area contributed by atoms with Crippen molar-refractivity contribution < 1.29 is 22.0 Å². The lowest BCUT2D eigenvalue weighted by Crippen LogP contribution is -2.32. The number of carbonyl (C=O) groups excluding carboxylic acids is 1. The monoisotopic (exact) mass is 380 g/mol. The maximum absolute atomic E-state index is 13.6. The van der Waals surface area contributed by atoms with Gasteiger partial charge < -0.3 is 5.32 Å². The average molecular weight is 380 g/mol. The molecular weight excluding hydrogens is 362 g/mol. The molecule has 26 heavy (non-hydrogen) atoms. The first-order chi connectivity index (χ1) is 12.4. The molecule has 1 saturated carbocycles. The van der Waals surface area contributed by atoms with Crippen molar-refractivity contribution in [3.05, 3.63) is 59.7 Å². The van der Waals surface area contributed by atoms with Crippen LogP contribution in [0.15, 0.2) is 47.4 Å². The Kier molecular flexibility index (Phi) is 5.33. The van der Waals surface area contributed by atoms with E-state index in [1.165, 1.54) is 30.3 Å². The minimum absolute atomic E-state index is 0.0524. The second-order valence-corrected chi connectivity index (χ2v) is 7.89. The quantitative estimate of drug-likeness (QED) is 0.834. The third kappa shape index (κ3) is 4.08. The van der Waals surface area contributed by atoms with E-state index >= 15 is 0 Å². The number of amides is 1. The van der Waals surface area contributed by atoms with Crippen molar-refractivity contribution in [1.82, 2.24) is 4.72 Å². The molecule has 5 nitrogen and oxygen atoms in total. The van der Waals surface area contributed by atoms with Gasteiger partial charge in [0.1, 0.15) is 17.2 Å². The van der Waals surface area contributed by atoms with Gasteiger partial charge in [-0.1, -0.05) is 18.9 Å². The van der Waals surface area contributed by atoms with Crippen LogP contribution < -0.4 is 10.0 Å². The molecule has 0 aromatic heterocycles. The molecule has 1 aliphatic rings. The zero-order chi connectivity index (χ0) is 18.7. The molecule has 0 saturated heterocycles. The highest BCUT2D eigenvalue weighted by molar-refractivity contribution is 7.89. The minimum Gasteiger partial charge on any atom is -0.322 e. The van der Waals surface area contributed by atoms with Gasteiger partial charge in [0.2, 0.25) is 10.0 Å². The highest BCUT2D eigenvalue weighted by Gasteiger charge is 2.23. The summed E-state index contributed by atoms with van der Waals surface area (Å²) in [6.07, 6.45) is 3.65. The van der Waals surface area contributed by atoms with Crippen LogP contribution in [-0.2, 0) is 10.0 Å². The molecule has 138 valence electrons. The van der Waals surface area contributed by atoms with Crippen LogP contribution in [0.5, 0.6) is 0 Å². The Morgan fingerprint density at radius 3 is 2.12 bits per heavy atom. The van der Waals surface area contributed by atoms with Gasteiger partial charge in [0.15, 0.2) is 0 Å². The fourth-order valence-corrected chi connectivity index (χ4v) is 4.26. The van der Waals surface area contributed by atoms with Crippen LogP contribution in [0.1, 0.15) is 36.0 Å². The second-order valence-electron chi connectivity index (χ2n) is 6.18. The molecule has 0 bridgehead atoms. The van der Waals surface area contributed by atoms with Crippen molar-refractivity contribution >= 4 is 21.6 Å².